The summed E-state index contributed by atoms with van der Waals surface area (Å²) >= 11 is 0.724. The maximum Gasteiger partial charge on any atom is 0.452 e. The molecule has 0 bridgehead atoms. The minimum absolute atomic E-state index is 0.0403. The maximum absolute atomic E-state index is 13.6. The zero-order valence-corrected chi connectivity index (χ0v) is 18.5. The number of nitrogens with zero attached hydrogens (tertiary/aromatic N) is 2. The van der Waals surface area contributed by atoms with Crippen LogP contribution in [0.1, 0.15) is 30.6 Å². The monoisotopic (exact) mass is 498 g/mol. The van der Waals surface area contributed by atoms with Crippen LogP contribution >= 0.6 is 11.3 Å². The number of halogens is 3. The average Bonchev–Trinajstić information content (AvgIpc) is 3.10. The van der Waals surface area contributed by atoms with E-state index < -0.39 is 38.9 Å². The Morgan fingerprint density at radius 1 is 1.18 bits per heavy atom. The average molecular weight is 499 g/mol. The van der Waals surface area contributed by atoms with Crippen molar-refractivity contribution in [2.75, 3.05) is 6.54 Å². The van der Waals surface area contributed by atoms with Crippen LogP contribution in [0.15, 0.2) is 57.3 Å². The number of aliphatic carboxylic acids is 1. The van der Waals surface area contributed by atoms with Crippen LogP contribution in [0.25, 0.3) is 10.6 Å². The number of piperidine rings is 1. The lowest BCUT2D eigenvalue weighted by molar-refractivity contribution is -0.155. The minimum atomic E-state index is -4.72. The molecule has 1 saturated heterocycles. The molecule has 1 aliphatic carbocycles. The van der Waals surface area contributed by atoms with Crippen molar-refractivity contribution >= 4 is 27.3 Å². The molecule has 0 amide bonds. The van der Waals surface area contributed by atoms with Crippen LogP contribution in [0.3, 0.4) is 0 Å². The van der Waals surface area contributed by atoms with E-state index in [1.165, 1.54) is 12.1 Å². The number of aromatic nitrogens is 1. The Bertz CT molecular complexity index is 1340. The van der Waals surface area contributed by atoms with E-state index in [2.05, 4.69) is 9.68 Å². The highest BCUT2D eigenvalue weighted by Crippen LogP contribution is 2.67. The van der Waals surface area contributed by atoms with Crippen molar-refractivity contribution in [2.45, 2.75) is 40.6 Å². The van der Waals surface area contributed by atoms with Gasteiger partial charge in [0.25, 0.3) is 10.0 Å². The molecule has 174 valence electrons. The van der Waals surface area contributed by atoms with Gasteiger partial charge in [-0.25, -0.2) is 8.42 Å². The Morgan fingerprint density at radius 3 is 2.55 bits per heavy atom. The summed E-state index contributed by atoms with van der Waals surface area (Å²) in [5.74, 6) is -2.50. The summed E-state index contributed by atoms with van der Waals surface area (Å²) in [5.41, 5.74) is -1.79. The van der Waals surface area contributed by atoms with Gasteiger partial charge in [-0.05, 0) is 37.0 Å². The molecule has 0 spiro atoms. The van der Waals surface area contributed by atoms with Gasteiger partial charge in [-0.2, -0.15) is 17.5 Å². The number of hydrogen-bond acceptors (Lipinski definition) is 6. The van der Waals surface area contributed by atoms with E-state index in [0.717, 1.165) is 21.2 Å². The first-order chi connectivity index (χ1) is 15.5. The third-order valence-corrected chi connectivity index (χ3v) is 9.97. The summed E-state index contributed by atoms with van der Waals surface area (Å²) in [6.07, 6.45) is -3.52. The van der Waals surface area contributed by atoms with Crippen molar-refractivity contribution < 1.29 is 36.0 Å². The summed E-state index contributed by atoms with van der Waals surface area (Å²) in [6.45, 7) is 0.0403. The maximum atomic E-state index is 13.6. The Labute approximate surface area is 190 Å². The van der Waals surface area contributed by atoms with Crippen molar-refractivity contribution in [3.8, 4) is 10.6 Å². The van der Waals surface area contributed by atoms with Crippen LogP contribution in [-0.2, 0) is 26.4 Å². The van der Waals surface area contributed by atoms with Gasteiger partial charge < -0.3 is 9.63 Å². The van der Waals surface area contributed by atoms with Crippen molar-refractivity contribution in [3.63, 3.8) is 0 Å². The molecule has 2 unspecified atom stereocenters. The molecule has 33 heavy (non-hydrogen) atoms. The van der Waals surface area contributed by atoms with Gasteiger partial charge >= 0.3 is 12.1 Å². The Balaban J connectivity index is 1.52. The molecule has 2 aliphatic rings. The lowest BCUT2D eigenvalue weighted by atomic mass is 9.83. The van der Waals surface area contributed by atoms with E-state index in [1.54, 1.807) is 12.1 Å². The smallest absolute Gasteiger partial charge is 0.452 e. The van der Waals surface area contributed by atoms with Gasteiger partial charge in [0.05, 0.1) is 4.88 Å². The number of rotatable bonds is 5. The Kier molecular flexibility index (Phi) is 4.79. The largest absolute Gasteiger partial charge is 0.480 e. The number of alkyl halides is 3. The molecule has 1 aromatic carbocycles. The SMILES string of the molecule is O=C(O)C12CC1(c1ccccc1)CCCN2S(=O)(=O)c1ccc(-c2cc(C(F)(F)F)on2)s1. The molecule has 0 radical (unpaired) electrons. The number of carboxylic acids is 1. The number of sulfonamides is 1. The van der Waals surface area contributed by atoms with E-state index in [1.807, 2.05) is 18.2 Å². The zero-order valence-electron chi connectivity index (χ0n) is 16.9. The number of hydrogen-bond donors (Lipinski definition) is 1. The van der Waals surface area contributed by atoms with Crippen LogP contribution in [0.5, 0.6) is 0 Å². The number of thiophene rings is 1. The van der Waals surface area contributed by atoms with Gasteiger partial charge in [0, 0.05) is 18.0 Å². The second kappa shape index (κ2) is 7.15. The molecule has 3 heterocycles. The van der Waals surface area contributed by atoms with Crippen LogP contribution in [0.2, 0.25) is 0 Å². The fourth-order valence-electron chi connectivity index (χ4n) is 4.91. The second-order valence-electron chi connectivity index (χ2n) is 8.16. The molecular weight excluding hydrogens is 481 g/mol. The first-order valence-electron chi connectivity index (χ1n) is 9.98. The number of benzene rings is 1. The quantitative estimate of drug-likeness (QED) is 0.561. The summed E-state index contributed by atoms with van der Waals surface area (Å²) in [6, 6.07) is 12.3. The Morgan fingerprint density at radius 2 is 1.91 bits per heavy atom. The first kappa shape index (κ1) is 22.1. The predicted octanol–water partition coefficient (Wildman–Crippen LogP) is 4.37. The lowest BCUT2D eigenvalue weighted by Crippen LogP contribution is -2.54. The molecule has 3 aromatic rings. The lowest BCUT2D eigenvalue weighted by Gasteiger charge is -2.37. The summed E-state index contributed by atoms with van der Waals surface area (Å²) in [7, 11) is -4.24. The van der Waals surface area contributed by atoms with Crippen LogP contribution in [-0.4, -0.2) is 41.0 Å². The predicted molar refractivity (Wildman–Crippen MR) is 111 cm³/mol. The second-order valence-corrected chi connectivity index (χ2v) is 11.3. The number of carbonyl (C=O) groups is 1. The van der Waals surface area contributed by atoms with Crippen LogP contribution < -0.4 is 0 Å². The molecule has 1 N–H and O–H groups in total. The standard InChI is InChI=1S/C21H17F3N2O5S2/c22-21(23,24)16-11-14(25-31-16)15-7-8-17(32-15)33(29,30)26-10-4-9-19(12-20(19,26)18(27)28)13-5-2-1-3-6-13/h1-3,5-8,11H,4,9-10,12H2,(H,27,28). The van der Waals surface area contributed by atoms with Crippen molar-refractivity contribution in [3.05, 3.63) is 59.9 Å². The molecule has 5 rings (SSSR count). The van der Waals surface area contributed by atoms with E-state index >= 15 is 0 Å². The summed E-state index contributed by atoms with van der Waals surface area (Å²) in [5, 5.41) is 13.6. The highest BCUT2D eigenvalue weighted by molar-refractivity contribution is 7.91. The van der Waals surface area contributed by atoms with Crippen LogP contribution in [0.4, 0.5) is 13.2 Å². The topological polar surface area (TPSA) is 101 Å². The molecule has 2 atom stereocenters. The molecule has 7 nitrogen and oxygen atoms in total. The van der Waals surface area contributed by atoms with Crippen molar-refractivity contribution in [1.29, 1.82) is 0 Å². The molecule has 1 aliphatic heterocycles. The Hall–Kier alpha value is -2.70. The van der Waals surface area contributed by atoms with Gasteiger partial charge in [-0.3, -0.25) is 4.79 Å². The number of carboxylic acid groups (broad SMARTS) is 1. The fourth-order valence-corrected chi connectivity index (χ4v) is 8.12. The summed E-state index contributed by atoms with van der Waals surface area (Å²) in [4.78, 5) is 12.6. The normalized spacial score (nSPS) is 25.5. The van der Waals surface area contributed by atoms with E-state index in [0.29, 0.717) is 18.9 Å². The molecule has 2 fully saturated rings. The molecule has 1 saturated carbocycles. The van der Waals surface area contributed by atoms with Gasteiger partial charge in [0.1, 0.15) is 15.4 Å². The molecule has 12 heteroatoms. The molecular formula is C21H17F3N2O5S2. The van der Waals surface area contributed by atoms with E-state index in [4.69, 9.17) is 0 Å². The van der Waals surface area contributed by atoms with Gasteiger partial charge in [-0.15, -0.1) is 11.3 Å². The third kappa shape index (κ3) is 3.15. The molecule has 2 aromatic heterocycles. The first-order valence-corrected chi connectivity index (χ1v) is 12.2. The van der Waals surface area contributed by atoms with Crippen LogP contribution in [0, 0.1) is 0 Å². The van der Waals surface area contributed by atoms with Gasteiger partial charge in [-0.1, -0.05) is 35.5 Å². The minimum Gasteiger partial charge on any atom is -0.480 e. The number of fused-ring (bicyclic) bond motifs is 1. The van der Waals surface area contributed by atoms with E-state index in [9.17, 15) is 31.5 Å². The zero-order chi connectivity index (χ0) is 23.6. The van der Waals surface area contributed by atoms with E-state index in [-0.39, 0.29) is 27.7 Å². The third-order valence-electron chi connectivity index (χ3n) is 6.46. The highest BCUT2D eigenvalue weighted by Gasteiger charge is 2.79. The van der Waals surface area contributed by atoms with Crippen molar-refractivity contribution in [1.82, 2.24) is 9.46 Å². The van der Waals surface area contributed by atoms with Gasteiger partial charge in [0.2, 0.25) is 5.76 Å². The fraction of sp³-hybridized carbons (Fsp3) is 0.333. The highest BCUT2D eigenvalue weighted by atomic mass is 32.2. The summed E-state index contributed by atoms with van der Waals surface area (Å²) < 4.78 is 70.8. The van der Waals surface area contributed by atoms with Crippen molar-refractivity contribution in [2.24, 2.45) is 0 Å². The van der Waals surface area contributed by atoms with Gasteiger partial charge in [0.15, 0.2) is 0 Å².